The van der Waals surface area contributed by atoms with E-state index in [-0.39, 0.29) is 5.91 Å². The molecule has 0 fully saturated rings. The van der Waals surface area contributed by atoms with Crippen LogP contribution in [0.25, 0.3) is 0 Å². The summed E-state index contributed by atoms with van der Waals surface area (Å²) < 4.78 is 0. The number of aromatic nitrogens is 2. The average molecular weight is 242 g/mol. The molecular formula is C13H14N4O. The van der Waals surface area contributed by atoms with Crippen molar-refractivity contribution in [3.8, 4) is 0 Å². The zero-order valence-electron chi connectivity index (χ0n) is 10.1. The lowest BCUT2D eigenvalue weighted by Crippen LogP contribution is -2.23. The SMILES string of the molecule is CNc1ccc(C(=O)NCc2ccncn2)cc1. The van der Waals surface area contributed by atoms with Gasteiger partial charge in [0.05, 0.1) is 12.2 Å². The van der Waals surface area contributed by atoms with E-state index in [4.69, 9.17) is 0 Å². The fraction of sp³-hybridized carbons (Fsp3) is 0.154. The minimum Gasteiger partial charge on any atom is -0.388 e. The lowest BCUT2D eigenvalue weighted by molar-refractivity contribution is 0.0950. The molecule has 18 heavy (non-hydrogen) atoms. The molecule has 1 heterocycles. The second-order valence-corrected chi connectivity index (χ2v) is 3.71. The van der Waals surface area contributed by atoms with Gasteiger partial charge >= 0.3 is 0 Å². The molecule has 0 radical (unpaired) electrons. The Hall–Kier alpha value is -2.43. The van der Waals surface area contributed by atoms with Crippen molar-refractivity contribution < 1.29 is 4.79 Å². The summed E-state index contributed by atoms with van der Waals surface area (Å²) in [5.41, 5.74) is 2.38. The molecule has 2 N–H and O–H groups in total. The van der Waals surface area contributed by atoms with Crippen LogP contribution in [0.4, 0.5) is 5.69 Å². The Morgan fingerprint density at radius 1 is 1.22 bits per heavy atom. The Bertz CT molecular complexity index is 510. The highest BCUT2D eigenvalue weighted by molar-refractivity contribution is 5.94. The molecule has 0 spiro atoms. The van der Waals surface area contributed by atoms with Gasteiger partial charge in [-0.25, -0.2) is 9.97 Å². The number of benzene rings is 1. The molecule has 1 amide bonds. The molecule has 0 saturated heterocycles. The highest BCUT2D eigenvalue weighted by atomic mass is 16.1. The molecule has 0 aliphatic rings. The number of nitrogens with one attached hydrogen (secondary N) is 2. The maximum atomic E-state index is 11.8. The van der Waals surface area contributed by atoms with Crippen LogP contribution in [0.15, 0.2) is 42.9 Å². The summed E-state index contributed by atoms with van der Waals surface area (Å²) in [5.74, 6) is -0.115. The van der Waals surface area contributed by atoms with Crippen molar-refractivity contribution in [1.29, 1.82) is 0 Å². The Morgan fingerprint density at radius 2 is 2.00 bits per heavy atom. The number of carbonyl (C=O) groups excluding carboxylic acids is 1. The summed E-state index contributed by atoms with van der Waals surface area (Å²) >= 11 is 0. The summed E-state index contributed by atoms with van der Waals surface area (Å²) in [6.45, 7) is 0.398. The van der Waals surface area contributed by atoms with Gasteiger partial charge in [0.2, 0.25) is 0 Å². The van der Waals surface area contributed by atoms with Gasteiger partial charge in [-0.1, -0.05) is 0 Å². The minimum atomic E-state index is -0.115. The monoisotopic (exact) mass is 242 g/mol. The van der Waals surface area contributed by atoms with Crippen molar-refractivity contribution >= 4 is 11.6 Å². The summed E-state index contributed by atoms with van der Waals surface area (Å²) in [6.07, 6.45) is 3.11. The normalized spacial score (nSPS) is 9.83. The molecule has 1 aromatic heterocycles. The van der Waals surface area contributed by atoms with Gasteiger partial charge < -0.3 is 10.6 Å². The summed E-state index contributed by atoms with van der Waals surface area (Å²) in [7, 11) is 1.84. The largest absolute Gasteiger partial charge is 0.388 e. The predicted octanol–water partition coefficient (Wildman–Crippen LogP) is 1.45. The summed E-state index contributed by atoms with van der Waals surface area (Å²) in [4.78, 5) is 19.7. The van der Waals surface area contributed by atoms with E-state index in [1.165, 1.54) is 6.33 Å². The van der Waals surface area contributed by atoms with E-state index in [1.807, 2.05) is 19.2 Å². The topological polar surface area (TPSA) is 66.9 Å². The Labute approximate surface area is 105 Å². The van der Waals surface area contributed by atoms with E-state index >= 15 is 0 Å². The number of nitrogens with zero attached hydrogens (tertiary/aromatic N) is 2. The Morgan fingerprint density at radius 3 is 2.61 bits per heavy atom. The third kappa shape index (κ3) is 3.04. The quantitative estimate of drug-likeness (QED) is 0.851. The van der Waals surface area contributed by atoms with E-state index in [1.54, 1.807) is 24.4 Å². The molecule has 0 aliphatic carbocycles. The molecule has 0 bridgehead atoms. The zero-order chi connectivity index (χ0) is 12.8. The fourth-order valence-electron chi connectivity index (χ4n) is 1.48. The van der Waals surface area contributed by atoms with Gasteiger partial charge in [-0.2, -0.15) is 0 Å². The van der Waals surface area contributed by atoms with Crippen LogP contribution in [0, 0.1) is 0 Å². The number of hydrogen-bond donors (Lipinski definition) is 2. The molecule has 2 aromatic rings. The third-order valence-electron chi connectivity index (χ3n) is 2.51. The molecule has 0 unspecified atom stereocenters. The first-order chi connectivity index (χ1) is 8.79. The van der Waals surface area contributed by atoms with Crippen LogP contribution in [-0.4, -0.2) is 22.9 Å². The lowest BCUT2D eigenvalue weighted by atomic mass is 10.2. The first kappa shape index (κ1) is 12.0. The Kier molecular flexibility index (Phi) is 3.86. The number of amides is 1. The van der Waals surface area contributed by atoms with E-state index in [9.17, 15) is 4.79 Å². The molecule has 92 valence electrons. The molecule has 0 saturated carbocycles. The van der Waals surface area contributed by atoms with Crippen molar-refractivity contribution in [2.75, 3.05) is 12.4 Å². The van der Waals surface area contributed by atoms with Gasteiger partial charge in [0.25, 0.3) is 5.91 Å². The second kappa shape index (κ2) is 5.77. The van der Waals surface area contributed by atoms with Gasteiger partial charge in [0.15, 0.2) is 0 Å². The van der Waals surface area contributed by atoms with Crippen LogP contribution in [0.5, 0.6) is 0 Å². The predicted molar refractivity (Wildman–Crippen MR) is 69.2 cm³/mol. The van der Waals surface area contributed by atoms with Crippen LogP contribution in [0.3, 0.4) is 0 Å². The highest BCUT2D eigenvalue weighted by Gasteiger charge is 2.04. The minimum absolute atomic E-state index is 0.115. The molecule has 0 atom stereocenters. The molecular weight excluding hydrogens is 228 g/mol. The molecule has 5 heteroatoms. The van der Waals surface area contributed by atoms with Gasteiger partial charge in [0.1, 0.15) is 6.33 Å². The van der Waals surface area contributed by atoms with Crippen molar-refractivity contribution in [3.63, 3.8) is 0 Å². The average Bonchev–Trinajstić information content (AvgIpc) is 2.46. The zero-order valence-corrected chi connectivity index (χ0v) is 10.1. The van der Waals surface area contributed by atoms with E-state index in [0.717, 1.165) is 11.4 Å². The smallest absolute Gasteiger partial charge is 0.251 e. The van der Waals surface area contributed by atoms with Crippen molar-refractivity contribution in [3.05, 3.63) is 54.1 Å². The fourth-order valence-corrected chi connectivity index (χ4v) is 1.48. The van der Waals surface area contributed by atoms with Crippen LogP contribution < -0.4 is 10.6 Å². The summed E-state index contributed by atoms with van der Waals surface area (Å²) in [6, 6.07) is 9.05. The van der Waals surface area contributed by atoms with Crippen molar-refractivity contribution in [1.82, 2.24) is 15.3 Å². The van der Waals surface area contributed by atoms with Gasteiger partial charge in [0, 0.05) is 24.5 Å². The molecule has 0 aliphatic heterocycles. The van der Waals surface area contributed by atoms with Crippen LogP contribution in [-0.2, 0) is 6.54 Å². The third-order valence-corrected chi connectivity index (χ3v) is 2.51. The number of rotatable bonds is 4. The van der Waals surface area contributed by atoms with Gasteiger partial charge in [-0.05, 0) is 30.3 Å². The number of hydrogen-bond acceptors (Lipinski definition) is 4. The lowest BCUT2D eigenvalue weighted by Gasteiger charge is -2.05. The van der Waals surface area contributed by atoms with E-state index in [2.05, 4.69) is 20.6 Å². The number of carbonyl (C=O) groups is 1. The Balaban J connectivity index is 1.95. The maximum Gasteiger partial charge on any atom is 0.251 e. The van der Waals surface area contributed by atoms with Crippen LogP contribution in [0.1, 0.15) is 16.1 Å². The molecule has 2 rings (SSSR count). The van der Waals surface area contributed by atoms with E-state index < -0.39 is 0 Å². The number of anilines is 1. The van der Waals surface area contributed by atoms with Gasteiger partial charge in [-0.3, -0.25) is 4.79 Å². The summed E-state index contributed by atoms with van der Waals surface area (Å²) in [5, 5.41) is 5.81. The molecule has 1 aromatic carbocycles. The van der Waals surface area contributed by atoms with Crippen LogP contribution >= 0.6 is 0 Å². The second-order valence-electron chi connectivity index (χ2n) is 3.71. The van der Waals surface area contributed by atoms with E-state index in [0.29, 0.717) is 12.1 Å². The first-order valence-corrected chi connectivity index (χ1v) is 5.60. The molecule has 5 nitrogen and oxygen atoms in total. The van der Waals surface area contributed by atoms with Crippen molar-refractivity contribution in [2.45, 2.75) is 6.54 Å². The van der Waals surface area contributed by atoms with Gasteiger partial charge in [-0.15, -0.1) is 0 Å². The highest BCUT2D eigenvalue weighted by Crippen LogP contribution is 2.08. The maximum absolute atomic E-state index is 11.8. The first-order valence-electron chi connectivity index (χ1n) is 5.60. The standard InChI is InChI=1S/C13H14N4O/c1-14-11-4-2-10(3-5-11)13(18)16-8-12-6-7-15-9-17-12/h2-7,9,14H,8H2,1H3,(H,16,18). The van der Waals surface area contributed by atoms with Crippen LogP contribution in [0.2, 0.25) is 0 Å². The van der Waals surface area contributed by atoms with Crippen molar-refractivity contribution in [2.24, 2.45) is 0 Å².